The molecule has 1 N–H and O–H groups in total. The first-order chi connectivity index (χ1) is 9.72. The fourth-order valence-corrected chi connectivity index (χ4v) is 2.09. The smallest absolute Gasteiger partial charge is 0.260 e. The van der Waals surface area contributed by atoms with Crippen molar-refractivity contribution in [2.24, 2.45) is 7.05 Å². The lowest BCUT2D eigenvalue weighted by Crippen LogP contribution is -2.00. The summed E-state index contributed by atoms with van der Waals surface area (Å²) >= 11 is 0. The average molecular weight is 268 g/mol. The Hall–Kier alpha value is -2.56. The number of aromatic nitrogens is 3. The van der Waals surface area contributed by atoms with E-state index in [9.17, 15) is 0 Å². The second kappa shape index (κ2) is 5.21. The van der Waals surface area contributed by atoms with Crippen molar-refractivity contribution in [3.8, 4) is 11.5 Å². The lowest BCUT2D eigenvalue weighted by atomic mass is 10.1. The van der Waals surface area contributed by atoms with Crippen molar-refractivity contribution in [1.82, 2.24) is 14.7 Å². The number of aryl methyl sites for hydroxylation is 2. The number of nitrogens with zero attached hydrogens (tertiary/aromatic N) is 3. The minimum atomic E-state index is 0.540. The maximum absolute atomic E-state index is 5.24. The number of hydrogen-bond donors (Lipinski definition) is 1. The van der Waals surface area contributed by atoms with Crippen molar-refractivity contribution in [3.05, 3.63) is 54.1 Å². The molecule has 0 atom stereocenters. The van der Waals surface area contributed by atoms with Crippen molar-refractivity contribution in [3.63, 3.8) is 0 Å². The van der Waals surface area contributed by atoms with Gasteiger partial charge in [-0.15, -0.1) is 0 Å². The third kappa shape index (κ3) is 2.56. The highest BCUT2D eigenvalue weighted by molar-refractivity contribution is 5.72. The molecule has 5 heteroatoms. The first kappa shape index (κ1) is 12.5. The molecular formula is C15H16N4O. The van der Waals surface area contributed by atoms with Gasteiger partial charge >= 0.3 is 0 Å². The van der Waals surface area contributed by atoms with E-state index in [0.717, 1.165) is 17.8 Å². The predicted molar refractivity (Wildman–Crippen MR) is 77.2 cm³/mol. The Bertz CT molecular complexity index is 714. The van der Waals surface area contributed by atoms with E-state index in [-0.39, 0.29) is 0 Å². The summed E-state index contributed by atoms with van der Waals surface area (Å²) in [5.41, 5.74) is 3.13. The average Bonchev–Trinajstić information content (AvgIpc) is 3.06. The van der Waals surface area contributed by atoms with Gasteiger partial charge in [0.2, 0.25) is 0 Å². The van der Waals surface area contributed by atoms with Gasteiger partial charge in [0, 0.05) is 31.7 Å². The molecule has 102 valence electrons. The van der Waals surface area contributed by atoms with Crippen LogP contribution < -0.4 is 5.32 Å². The topological polar surface area (TPSA) is 55.9 Å². The van der Waals surface area contributed by atoms with Crippen LogP contribution in [0.15, 0.2) is 47.2 Å². The normalized spacial score (nSPS) is 10.7. The van der Waals surface area contributed by atoms with E-state index in [4.69, 9.17) is 4.52 Å². The van der Waals surface area contributed by atoms with E-state index in [1.54, 1.807) is 0 Å². The molecule has 3 aromatic rings. The molecular weight excluding hydrogens is 252 g/mol. The van der Waals surface area contributed by atoms with Gasteiger partial charge in [-0.1, -0.05) is 17.3 Å². The molecule has 0 saturated carbocycles. The number of rotatable bonds is 4. The second-order valence-electron chi connectivity index (χ2n) is 4.73. The van der Waals surface area contributed by atoms with Crippen LogP contribution in [0.1, 0.15) is 11.4 Å². The monoisotopic (exact) mass is 268 g/mol. The van der Waals surface area contributed by atoms with Crippen LogP contribution in [0.2, 0.25) is 0 Å². The molecule has 20 heavy (non-hydrogen) atoms. The number of nitrogens with one attached hydrogen (secondary N) is 1. The molecule has 3 rings (SSSR count). The molecule has 0 bridgehead atoms. The van der Waals surface area contributed by atoms with Crippen LogP contribution in [-0.2, 0) is 13.6 Å². The van der Waals surface area contributed by atoms with E-state index in [2.05, 4.69) is 27.7 Å². The highest BCUT2D eigenvalue weighted by Crippen LogP contribution is 2.26. The Balaban J connectivity index is 1.83. The van der Waals surface area contributed by atoms with Crippen LogP contribution in [-0.4, -0.2) is 14.7 Å². The molecule has 0 saturated heterocycles. The van der Waals surface area contributed by atoms with Crippen molar-refractivity contribution in [1.29, 1.82) is 0 Å². The summed E-state index contributed by atoms with van der Waals surface area (Å²) in [6.45, 7) is 2.57. The third-order valence-electron chi connectivity index (χ3n) is 3.06. The van der Waals surface area contributed by atoms with E-state index in [1.165, 1.54) is 5.56 Å². The zero-order valence-corrected chi connectivity index (χ0v) is 11.5. The van der Waals surface area contributed by atoms with Crippen LogP contribution in [0.25, 0.3) is 11.5 Å². The molecule has 0 aliphatic carbocycles. The van der Waals surface area contributed by atoms with E-state index in [0.29, 0.717) is 11.7 Å². The standard InChI is InChI=1S/C15H16N4O/c1-11-17-15(20-18-11)13-5-3-4-6-14(13)16-9-12-7-8-19(2)10-12/h3-8,10,16H,9H2,1-2H3. The minimum Gasteiger partial charge on any atom is -0.380 e. The maximum Gasteiger partial charge on any atom is 0.260 e. The van der Waals surface area contributed by atoms with Crippen LogP contribution >= 0.6 is 0 Å². The first-order valence-electron chi connectivity index (χ1n) is 6.47. The highest BCUT2D eigenvalue weighted by Gasteiger charge is 2.10. The number of benzene rings is 1. The van der Waals surface area contributed by atoms with E-state index in [1.807, 2.05) is 49.0 Å². The Morgan fingerprint density at radius 1 is 1.25 bits per heavy atom. The molecule has 0 radical (unpaired) electrons. The second-order valence-corrected chi connectivity index (χ2v) is 4.73. The van der Waals surface area contributed by atoms with E-state index >= 15 is 0 Å². The maximum atomic E-state index is 5.24. The zero-order valence-electron chi connectivity index (χ0n) is 11.5. The number of hydrogen-bond acceptors (Lipinski definition) is 4. The van der Waals surface area contributed by atoms with Gasteiger partial charge in [0.15, 0.2) is 5.82 Å². The van der Waals surface area contributed by atoms with Crippen molar-refractivity contribution >= 4 is 5.69 Å². The Morgan fingerprint density at radius 2 is 2.10 bits per heavy atom. The Kier molecular flexibility index (Phi) is 3.25. The van der Waals surface area contributed by atoms with Gasteiger partial charge < -0.3 is 14.4 Å². The molecule has 0 unspecified atom stereocenters. The molecule has 0 amide bonds. The Labute approximate surface area is 117 Å². The van der Waals surface area contributed by atoms with Gasteiger partial charge in [-0.3, -0.25) is 0 Å². The summed E-state index contributed by atoms with van der Waals surface area (Å²) in [6.07, 6.45) is 4.12. The lowest BCUT2D eigenvalue weighted by Gasteiger charge is -2.08. The molecule has 0 aliphatic rings. The van der Waals surface area contributed by atoms with E-state index < -0.39 is 0 Å². The van der Waals surface area contributed by atoms with Crippen LogP contribution in [0, 0.1) is 6.92 Å². The fourth-order valence-electron chi connectivity index (χ4n) is 2.09. The first-order valence-corrected chi connectivity index (χ1v) is 6.47. The molecule has 0 spiro atoms. The van der Waals surface area contributed by atoms with Crippen LogP contribution in [0.3, 0.4) is 0 Å². The molecule has 2 heterocycles. The van der Waals surface area contributed by atoms with Crippen molar-refractivity contribution < 1.29 is 4.52 Å². The van der Waals surface area contributed by atoms with Gasteiger partial charge in [-0.2, -0.15) is 4.98 Å². The third-order valence-corrected chi connectivity index (χ3v) is 3.06. The molecule has 2 aromatic heterocycles. The zero-order chi connectivity index (χ0) is 13.9. The van der Waals surface area contributed by atoms with Crippen LogP contribution in [0.5, 0.6) is 0 Å². The van der Waals surface area contributed by atoms with Gasteiger partial charge in [-0.05, 0) is 30.7 Å². The van der Waals surface area contributed by atoms with Gasteiger partial charge in [0.1, 0.15) is 0 Å². The summed E-state index contributed by atoms with van der Waals surface area (Å²) in [5.74, 6) is 1.18. The molecule has 0 fully saturated rings. The quantitative estimate of drug-likeness (QED) is 0.790. The minimum absolute atomic E-state index is 0.540. The van der Waals surface area contributed by atoms with Gasteiger partial charge in [-0.25, -0.2) is 0 Å². The van der Waals surface area contributed by atoms with Crippen LogP contribution in [0.4, 0.5) is 5.69 Å². The van der Waals surface area contributed by atoms with Gasteiger partial charge in [0.25, 0.3) is 5.89 Å². The fraction of sp³-hybridized carbons (Fsp3) is 0.200. The summed E-state index contributed by atoms with van der Waals surface area (Å²) in [4.78, 5) is 4.28. The highest BCUT2D eigenvalue weighted by atomic mass is 16.5. The summed E-state index contributed by atoms with van der Waals surface area (Å²) in [5, 5.41) is 7.25. The Morgan fingerprint density at radius 3 is 2.80 bits per heavy atom. The SMILES string of the molecule is Cc1noc(-c2ccccc2NCc2ccn(C)c2)n1. The van der Waals surface area contributed by atoms with Crippen molar-refractivity contribution in [2.45, 2.75) is 13.5 Å². The molecule has 1 aromatic carbocycles. The number of para-hydroxylation sites is 1. The number of anilines is 1. The molecule has 5 nitrogen and oxygen atoms in total. The van der Waals surface area contributed by atoms with Crippen molar-refractivity contribution in [2.75, 3.05) is 5.32 Å². The lowest BCUT2D eigenvalue weighted by molar-refractivity contribution is 0.426. The summed E-state index contributed by atoms with van der Waals surface area (Å²) in [6, 6.07) is 10.0. The predicted octanol–water partition coefficient (Wildman–Crippen LogP) is 3.00. The molecule has 0 aliphatic heterocycles. The van der Waals surface area contributed by atoms with Gasteiger partial charge in [0.05, 0.1) is 5.56 Å². The summed E-state index contributed by atoms with van der Waals surface area (Å²) < 4.78 is 7.27. The summed E-state index contributed by atoms with van der Waals surface area (Å²) in [7, 11) is 2.01. The largest absolute Gasteiger partial charge is 0.380 e.